The summed E-state index contributed by atoms with van der Waals surface area (Å²) < 4.78 is 27.3. The van der Waals surface area contributed by atoms with Crippen LogP contribution in [0.2, 0.25) is 0 Å². The number of aromatic nitrogens is 4. The van der Waals surface area contributed by atoms with Gasteiger partial charge in [0.05, 0.1) is 15.8 Å². The van der Waals surface area contributed by atoms with Gasteiger partial charge in [-0.15, -0.1) is 5.10 Å². The maximum Gasteiger partial charge on any atom is 0.229 e. The molecule has 0 unspecified atom stereocenters. The van der Waals surface area contributed by atoms with Crippen LogP contribution in [0.3, 0.4) is 0 Å². The number of aromatic hydroxyl groups is 1. The Kier molecular flexibility index (Phi) is 3.66. The van der Waals surface area contributed by atoms with E-state index in [2.05, 4.69) is 15.3 Å². The van der Waals surface area contributed by atoms with Gasteiger partial charge in [-0.1, -0.05) is 43.3 Å². The maximum absolute atomic E-state index is 13.0. The van der Waals surface area contributed by atoms with Gasteiger partial charge in [-0.05, 0) is 35.7 Å². The van der Waals surface area contributed by atoms with E-state index in [0.29, 0.717) is 16.8 Å². The summed E-state index contributed by atoms with van der Waals surface area (Å²) in [4.78, 5) is 4.13. The molecule has 0 spiro atoms. The van der Waals surface area contributed by atoms with E-state index < -0.39 is 9.84 Å². The number of fused-ring (bicyclic) bond motifs is 3. The Hall–Kier alpha value is -3.00. The Bertz CT molecular complexity index is 1230. The molecule has 2 aromatic carbocycles. The van der Waals surface area contributed by atoms with Gasteiger partial charge in [0.15, 0.2) is 5.65 Å². The Balaban J connectivity index is 1.93. The molecule has 0 bridgehead atoms. The number of sulfone groups is 1. The van der Waals surface area contributed by atoms with Crippen molar-refractivity contribution in [2.75, 3.05) is 0 Å². The van der Waals surface area contributed by atoms with E-state index in [-0.39, 0.29) is 21.4 Å². The summed E-state index contributed by atoms with van der Waals surface area (Å²) in [6.45, 7) is 4.07. The standard InChI is InChI=1S/C18H16N4O3S/c1-11(2)12-7-9-13(10-8-12)26(24,25)18-16-19-17(23)14-5-3-4-6-15(14)22(16)21-20-18/h3-11H,1-2H3,(H,19,23). The third kappa shape index (κ3) is 2.41. The summed E-state index contributed by atoms with van der Waals surface area (Å²) in [5, 5.41) is 18.1. The summed E-state index contributed by atoms with van der Waals surface area (Å²) in [5.41, 5.74) is 1.56. The van der Waals surface area contributed by atoms with Crippen LogP contribution in [0.25, 0.3) is 16.6 Å². The van der Waals surface area contributed by atoms with Crippen molar-refractivity contribution in [1.82, 2.24) is 19.8 Å². The number of benzene rings is 2. The molecule has 26 heavy (non-hydrogen) atoms. The second-order valence-electron chi connectivity index (χ2n) is 6.31. The third-order valence-electron chi connectivity index (χ3n) is 4.31. The van der Waals surface area contributed by atoms with E-state index in [1.54, 1.807) is 48.5 Å². The van der Waals surface area contributed by atoms with Crippen molar-refractivity contribution in [3.05, 3.63) is 54.1 Å². The van der Waals surface area contributed by atoms with Crippen LogP contribution in [0.4, 0.5) is 0 Å². The van der Waals surface area contributed by atoms with Crippen LogP contribution in [0.15, 0.2) is 58.5 Å². The van der Waals surface area contributed by atoms with Crippen LogP contribution in [-0.2, 0) is 9.84 Å². The molecule has 0 saturated carbocycles. The quantitative estimate of drug-likeness (QED) is 0.597. The van der Waals surface area contributed by atoms with Crippen molar-refractivity contribution < 1.29 is 13.5 Å². The van der Waals surface area contributed by atoms with Crippen molar-refractivity contribution >= 4 is 26.4 Å². The molecule has 0 aliphatic rings. The minimum atomic E-state index is -3.92. The van der Waals surface area contributed by atoms with Gasteiger partial charge in [0.2, 0.25) is 20.7 Å². The highest BCUT2D eigenvalue weighted by atomic mass is 32.2. The van der Waals surface area contributed by atoms with Gasteiger partial charge in [0.1, 0.15) is 0 Å². The zero-order chi connectivity index (χ0) is 18.5. The van der Waals surface area contributed by atoms with Gasteiger partial charge >= 0.3 is 0 Å². The van der Waals surface area contributed by atoms with Crippen molar-refractivity contribution in [2.45, 2.75) is 29.7 Å². The first kappa shape index (κ1) is 16.5. The molecule has 0 atom stereocenters. The molecule has 0 aliphatic carbocycles. The third-order valence-corrected chi connectivity index (χ3v) is 5.98. The molecule has 4 aromatic rings. The van der Waals surface area contributed by atoms with Crippen LogP contribution >= 0.6 is 0 Å². The van der Waals surface area contributed by atoms with Gasteiger partial charge in [-0.2, -0.15) is 9.50 Å². The van der Waals surface area contributed by atoms with E-state index in [0.717, 1.165) is 5.56 Å². The number of nitrogens with zero attached hydrogens (tertiary/aromatic N) is 4. The lowest BCUT2D eigenvalue weighted by molar-refractivity contribution is 0.461. The highest BCUT2D eigenvalue weighted by Gasteiger charge is 2.27. The number of rotatable bonds is 3. The van der Waals surface area contributed by atoms with Gasteiger partial charge < -0.3 is 5.11 Å². The predicted octanol–water partition coefficient (Wildman–Crippen LogP) is 2.94. The molecule has 1 N–H and O–H groups in total. The summed E-state index contributed by atoms with van der Waals surface area (Å²) in [6.07, 6.45) is 0. The molecule has 0 aliphatic heterocycles. The Morgan fingerprint density at radius 3 is 2.42 bits per heavy atom. The zero-order valence-corrected chi connectivity index (χ0v) is 15.0. The van der Waals surface area contributed by atoms with E-state index in [9.17, 15) is 13.5 Å². The fourth-order valence-electron chi connectivity index (χ4n) is 2.85. The average molecular weight is 368 g/mol. The van der Waals surface area contributed by atoms with E-state index >= 15 is 0 Å². The lowest BCUT2D eigenvalue weighted by Gasteiger charge is -2.07. The molecule has 132 valence electrons. The second kappa shape index (κ2) is 5.77. The van der Waals surface area contributed by atoms with Crippen molar-refractivity contribution in [1.29, 1.82) is 0 Å². The number of para-hydroxylation sites is 1. The Morgan fingerprint density at radius 2 is 1.73 bits per heavy atom. The maximum atomic E-state index is 13.0. The molecular formula is C18H16N4O3S. The van der Waals surface area contributed by atoms with Gasteiger partial charge in [-0.3, -0.25) is 0 Å². The summed E-state index contributed by atoms with van der Waals surface area (Å²) >= 11 is 0. The Labute approximate surface area is 149 Å². The van der Waals surface area contributed by atoms with Crippen molar-refractivity contribution in [3.63, 3.8) is 0 Å². The van der Waals surface area contributed by atoms with Crippen LogP contribution in [0, 0.1) is 0 Å². The first-order valence-electron chi connectivity index (χ1n) is 8.08. The second-order valence-corrected chi connectivity index (χ2v) is 8.17. The zero-order valence-electron chi connectivity index (χ0n) is 14.2. The smallest absolute Gasteiger partial charge is 0.229 e. The summed E-state index contributed by atoms with van der Waals surface area (Å²) in [6, 6.07) is 13.6. The number of hydrogen-bond acceptors (Lipinski definition) is 6. The average Bonchev–Trinajstić information content (AvgIpc) is 3.07. The molecule has 2 aromatic heterocycles. The highest BCUT2D eigenvalue weighted by molar-refractivity contribution is 7.91. The van der Waals surface area contributed by atoms with Crippen molar-refractivity contribution in [2.24, 2.45) is 0 Å². The topological polar surface area (TPSA) is 97.5 Å². The lowest BCUT2D eigenvalue weighted by Crippen LogP contribution is -2.04. The molecular weight excluding hydrogens is 352 g/mol. The van der Waals surface area contributed by atoms with Gasteiger partial charge in [-0.25, -0.2) is 8.42 Å². The van der Waals surface area contributed by atoms with Crippen LogP contribution in [0.5, 0.6) is 5.88 Å². The first-order chi connectivity index (χ1) is 12.4. The van der Waals surface area contributed by atoms with Gasteiger partial charge in [0, 0.05) is 0 Å². The van der Waals surface area contributed by atoms with Crippen molar-refractivity contribution in [3.8, 4) is 5.88 Å². The minimum absolute atomic E-state index is 0.00543. The molecule has 8 heteroatoms. The van der Waals surface area contributed by atoms with Crippen LogP contribution in [-0.4, -0.2) is 33.3 Å². The van der Waals surface area contributed by atoms with E-state index in [1.165, 1.54) is 4.52 Å². The van der Waals surface area contributed by atoms with Crippen LogP contribution in [0.1, 0.15) is 25.3 Å². The SMILES string of the molecule is CC(C)c1ccc(S(=O)(=O)c2nnn3c2nc(O)c2ccccc23)cc1. The molecule has 2 heterocycles. The predicted molar refractivity (Wildman–Crippen MR) is 95.9 cm³/mol. The lowest BCUT2D eigenvalue weighted by atomic mass is 10.0. The largest absolute Gasteiger partial charge is 0.493 e. The Morgan fingerprint density at radius 1 is 1.04 bits per heavy atom. The normalized spacial score (nSPS) is 12.3. The van der Waals surface area contributed by atoms with E-state index in [1.807, 2.05) is 13.8 Å². The molecule has 0 fully saturated rings. The number of hydrogen-bond donors (Lipinski definition) is 1. The first-order valence-corrected chi connectivity index (χ1v) is 9.56. The fourth-order valence-corrected chi connectivity index (χ4v) is 4.08. The molecule has 4 rings (SSSR count). The summed E-state index contributed by atoms with van der Waals surface area (Å²) in [5.74, 6) is 0.0360. The molecule has 0 amide bonds. The molecule has 7 nitrogen and oxygen atoms in total. The van der Waals surface area contributed by atoms with Gasteiger partial charge in [0.25, 0.3) is 0 Å². The van der Waals surface area contributed by atoms with Crippen LogP contribution < -0.4 is 0 Å². The molecule has 0 saturated heterocycles. The fraction of sp³-hybridized carbons (Fsp3) is 0.167. The highest BCUT2D eigenvalue weighted by Crippen LogP contribution is 2.28. The monoisotopic (exact) mass is 368 g/mol. The molecule has 0 radical (unpaired) electrons. The van der Waals surface area contributed by atoms with E-state index in [4.69, 9.17) is 0 Å². The summed E-state index contributed by atoms with van der Waals surface area (Å²) in [7, 11) is -3.92. The minimum Gasteiger partial charge on any atom is -0.493 e.